The van der Waals surface area contributed by atoms with Crippen LogP contribution in [0.3, 0.4) is 0 Å². The lowest BCUT2D eigenvalue weighted by Crippen LogP contribution is -2.35. The lowest BCUT2D eigenvalue weighted by Gasteiger charge is -2.26. The number of amides is 1. The predicted octanol–water partition coefficient (Wildman–Crippen LogP) is 4.31. The molecule has 1 aliphatic rings. The second-order valence-electron chi connectivity index (χ2n) is 6.82. The van der Waals surface area contributed by atoms with Gasteiger partial charge in [0.15, 0.2) is 0 Å². The van der Waals surface area contributed by atoms with E-state index < -0.39 is 21.7 Å². The highest BCUT2D eigenvalue weighted by atomic mass is 35.5. The van der Waals surface area contributed by atoms with E-state index in [1.807, 2.05) is 0 Å². The summed E-state index contributed by atoms with van der Waals surface area (Å²) in [5, 5.41) is 2.63. The summed E-state index contributed by atoms with van der Waals surface area (Å²) in [6.07, 6.45) is 5.40. The zero-order chi connectivity index (χ0) is 21.7. The fourth-order valence-corrected chi connectivity index (χ4v) is 5.10. The summed E-state index contributed by atoms with van der Waals surface area (Å²) in [5.74, 6) is -0.741. The number of methoxy groups -OCH3 is 1. The number of carbonyl (C=O) groups excluding carboxylic acids is 1. The normalized spacial score (nSPS) is 15.3. The lowest BCUT2D eigenvalue weighted by molar-refractivity contribution is -0.111. The minimum absolute atomic E-state index is 0.0658. The van der Waals surface area contributed by atoms with Crippen LogP contribution in [0.15, 0.2) is 47.4 Å². The molecule has 2 aromatic rings. The number of ether oxygens (including phenoxy) is 1. The van der Waals surface area contributed by atoms with Crippen molar-refractivity contribution in [3.63, 3.8) is 0 Å². The van der Waals surface area contributed by atoms with Crippen LogP contribution >= 0.6 is 11.6 Å². The van der Waals surface area contributed by atoms with E-state index in [2.05, 4.69) is 5.32 Å². The molecule has 160 valence electrons. The molecule has 1 heterocycles. The molecule has 0 aromatic heterocycles. The first-order valence-electron chi connectivity index (χ1n) is 9.43. The summed E-state index contributed by atoms with van der Waals surface area (Å²) in [6, 6.07) is 8.35. The van der Waals surface area contributed by atoms with Gasteiger partial charge in [0.25, 0.3) is 0 Å². The summed E-state index contributed by atoms with van der Waals surface area (Å²) >= 11 is 5.90. The van der Waals surface area contributed by atoms with Crippen molar-refractivity contribution in [1.29, 1.82) is 0 Å². The SMILES string of the molecule is COc1ccc(/C=C/C(=O)Nc2ccc(F)cc2Cl)cc1S(=O)(=O)N1CCCCC1. The molecule has 0 unspecified atom stereocenters. The van der Waals surface area contributed by atoms with Crippen LogP contribution in [0.1, 0.15) is 24.8 Å². The van der Waals surface area contributed by atoms with Crippen LogP contribution in [-0.2, 0) is 14.8 Å². The van der Waals surface area contributed by atoms with E-state index >= 15 is 0 Å². The van der Waals surface area contributed by atoms with Crippen LogP contribution in [0, 0.1) is 5.82 Å². The molecular formula is C21H22ClFN2O4S. The number of hydrogen-bond donors (Lipinski definition) is 1. The topological polar surface area (TPSA) is 75.7 Å². The number of piperidine rings is 1. The van der Waals surface area contributed by atoms with Crippen molar-refractivity contribution in [3.8, 4) is 5.75 Å². The van der Waals surface area contributed by atoms with Gasteiger partial charge in [0.2, 0.25) is 15.9 Å². The molecule has 3 rings (SSSR count). The Labute approximate surface area is 180 Å². The standard InChI is InChI=1S/C21H22ClFN2O4S/c1-29-19-9-5-15(13-20(19)30(27,28)25-11-3-2-4-12-25)6-10-21(26)24-18-8-7-16(23)14-17(18)22/h5-10,13-14H,2-4,11-12H2,1H3,(H,24,26)/b10-6+. The molecule has 1 fully saturated rings. The van der Waals surface area contributed by atoms with Crippen molar-refractivity contribution in [2.75, 3.05) is 25.5 Å². The van der Waals surface area contributed by atoms with Gasteiger partial charge in [-0.1, -0.05) is 24.1 Å². The van der Waals surface area contributed by atoms with Crippen molar-refractivity contribution < 1.29 is 22.3 Å². The predicted molar refractivity (Wildman–Crippen MR) is 115 cm³/mol. The Bertz CT molecular complexity index is 1070. The van der Waals surface area contributed by atoms with Crippen LogP contribution in [0.4, 0.5) is 10.1 Å². The molecule has 1 saturated heterocycles. The van der Waals surface area contributed by atoms with Crippen LogP contribution in [-0.4, -0.2) is 38.8 Å². The van der Waals surface area contributed by atoms with Crippen molar-refractivity contribution in [2.45, 2.75) is 24.2 Å². The number of nitrogens with one attached hydrogen (secondary N) is 1. The molecule has 0 bridgehead atoms. The summed E-state index contributed by atoms with van der Waals surface area (Å²) in [7, 11) is -2.29. The maximum atomic E-state index is 13.1. The minimum atomic E-state index is -3.70. The first-order valence-corrected chi connectivity index (χ1v) is 11.3. The molecular weight excluding hydrogens is 431 g/mol. The maximum Gasteiger partial charge on any atom is 0.248 e. The third-order valence-corrected chi connectivity index (χ3v) is 6.97. The Balaban J connectivity index is 1.81. The van der Waals surface area contributed by atoms with E-state index in [0.29, 0.717) is 18.7 Å². The number of nitrogens with zero attached hydrogens (tertiary/aromatic N) is 1. The van der Waals surface area contributed by atoms with Gasteiger partial charge in [-0.3, -0.25) is 4.79 Å². The van der Waals surface area contributed by atoms with Crippen LogP contribution in [0.25, 0.3) is 6.08 Å². The number of hydrogen-bond acceptors (Lipinski definition) is 4. The van der Waals surface area contributed by atoms with E-state index in [-0.39, 0.29) is 21.4 Å². The van der Waals surface area contributed by atoms with Gasteiger partial charge in [-0.05, 0) is 54.8 Å². The molecule has 2 aromatic carbocycles. The number of carbonyl (C=O) groups is 1. The second kappa shape index (κ2) is 9.59. The molecule has 0 radical (unpaired) electrons. The van der Waals surface area contributed by atoms with E-state index in [1.165, 1.54) is 41.8 Å². The number of rotatable bonds is 6. The third kappa shape index (κ3) is 5.19. The Morgan fingerprint density at radius 1 is 1.17 bits per heavy atom. The van der Waals surface area contributed by atoms with E-state index in [4.69, 9.17) is 16.3 Å². The summed E-state index contributed by atoms with van der Waals surface area (Å²) in [6.45, 7) is 0.957. The second-order valence-corrected chi connectivity index (χ2v) is 9.14. The number of sulfonamides is 1. The molecule has 0 spiro atoms. The number of benzene rings is 2. The highest BCUT2D eigenvalue weighted by Gasteiger charge is 2.29. The van der Waals surface area contributed by atoms with E-state index in [0.717, 1.165) is 25.3 Å². The van der Waals surface area contributed by atoms with Crippen molar-refractivity contribution in [2.24, 2.45) is 0 Å². The highest BCUT2D eigenvalue weighted by Crippen LogP contribution is 2.30. The lowest BCUT2D eigenvalue weighted by atomic mass is 10.2. The van der Waals surface area contributed by atoms with Crippen molar-refractivity contribution >= 4 is 39.3 Å². The third-order valence-electron chi connectivity index (χ3n) is 4.74. The summed E-state index contributed by atoms with van der Waals surface area (Å²) in [5.41, 5.74) is 0.794. The maximum absolute atomic E-state index is 13.1. The van der Waals surface area contributed by atoms with Gasteiger partial charge in [0.05, 0.1) is 17.8 Å². The largest absolute Gasteiger partial charge is 0.495 e. The first-order chi connectivity index (χ1) is 14.3. The molecule has 0 saturated carbocycles. The first kappa shape index (κ1) is 22.3. The molecule has 1 aliphatic heterocycles. The Morgan fingerprint density at radius 2 is 1.90 bits per heavy atom. The van der Waals surface area contributed by atoms with Gasteiger partial charge >= 0.3 is 0 Å². The van der Waals surface area contributed by atoms with Gasteiger partial charge in [-0.2, -0.15) is 4.31 Å². The van der Waals surface area contributed by atoms with Crippen LogP contribution in [0.2, 0.25) is 5.02 Å². The fraction of sp³-hybridized carbons (Fsp3) is 0.286. The fourth-order valence-electron chi connectivity index (χ4n) is 3.18. The van der Waals surface area contributed by atoms with Gasteiger partial charge in [0, 0.05) is 19.2 Å². The molecule has 1 N–H and O–H groups in total. The smallest absolute Gasteiger partial charge is 0.248 e. The Morgan fingerprint density at radius 3 is 2.57 bits per heavy atom. The molecule has 6 nitrogen and oxygen atoms in total. The molecule has 9 heteroatoms. The molecule has 0 atom stereocenters. The number of halogens is 2. The van der Waals surface area contributed by atoms with E-state index in [1.54, 1.807) is 12.1 Å². The minimum Gasteiger partial charge on any atom is -0.495 e. The Hall–Kier alpha value is -2.42. The average molecular weight is 453 g/mol. The van der Waals surface area contributed by atoms with Crippen molar-refractivity contribution in [1.82, 2.24) is 4.31 Å². The molecule has 1 amide bonds. The summed E-state index contributed by atoms with van der Waals surface area (Å²) < 4.78 is 45.9. The quantitative estimate of drug-likeness (QED) is 0.662. The van der Waals surface area contributed by atoms with Crippen LogP contribution < -0.4 is 10.1 Å². The van der Waals surface area contributed by atoms with Crippen LogP contribution in [0.5, 0.6) is 5.75 Å². The van der Waals surface area contributed by atoms with E-state index in [9.17, 15) is 17.6 Å². The monoisotopic (exact) mass is 452 g/mol. The molecule has 0 aliphatic carbocycles. The van der Waals surface area contributed by atoms with Gasteiger partial charge in [-0.25, -0.2) is 12.8 Å². The van der Waals surface area contributed by atoms with Gasteiger partial charge in [-0.15, -0.1) is 0 Å². The average Bonchev–Trinajstić information content (AvgIpc) is 2.74. The van der Waals surface area contributed by atoms with Crippen molar-refractivity contribution in [3.05, 3.63) is 58.9 Å². The zero-order valence-electron chi connectivity index (χ0n) is 16.4. The highest BCUT2D eigenvalue weighted by molar-refractivity contribution is 7.89. The van der Waals surface area contributed by atoms with Gasteiger partial charge < -0.3 is 10.1 Å². The summed E-state index contributed by atoms with van der Waals surface area (Å²) in [4.78, 5) is 12.2. The zero-order valence-corrected chi connectivity index (χ0v) is 18.0. The molecule has 30 heavy (non-hydrogen) atoms. The number of anilines is 1. The Kier molecular flexibility index (Phi) is 7.12. The van der Waals surface area contributed by atoms with Gasteiger partial charge in [0.1, 0.15) is 16.5 Å².